The number of sulfonamides is 1. The Morgan fingerprint density at radius 1 is 1.19 bits per heavy atom. The van der Waals surface area contributed by atoms with Crippen LogP contribution in [-0.4, -0.2) is 31.8 Å². The lowest BCUT2D eigenvalue weighted by Crippen LogP contribution is -2.35. The average molecular weight is 446 g/mol. The third-order valence-electron chi connectivity index (χ3n) is 4.41. The third-order valence-corrected chi connectivity index (χ3v) is 6.21. The van der Waals surface area contributed by atoms with Gasteiger partial charge in [-0.25, -0.2) is 17.5 Å². The Bertz CT molecular complexity index is 1310. The molecule has 0 aliphatic rings. The Kier molecular flexibility index (Phi) is 5.80. The molecule has 0 spiro atoms. The second-order valence-corrected chi connectivity index (χ2v) is 8.26. The molecule has 3 rings (SSSR count). The molecule has 162 valence electrons. The van der Waals surface area contributed by atoms with Crippen LogP contribution in [0.4, 0.5) is 11.4 Å². The second-order valence-electron chi connectivity index (χ2n) is 6.48. The van der Waals surface area contributed by atoms with Gasteiger partial charge in [-0.2, -0.15) is 0 Å². The molecule has 3 aromatic rings. The first-order valence-electron chi connectivity index (χ1n) is 9.08. The molecule has 0 bridgehead atoms. The molecule has 0 fully saturated rings. The number of rotatable bonds is 6. The number of carbonyl (C=O) groups is 2. The summed E-state index contributed by atoms with van der Waals surface area (Å²) in [6.07, 6.45) is 0. The SMILES string of the molecule is CCOC(=O)c1c(C)oc2ccc(N(C(C)=O)S(=O)(=O)c3cccc([N+](=O)[O-])c3)cc12. The Balaban J connectivity index is 2.19. The fraction of sp³-hybridized carbons (Fsp3) is 0.200. The molecule has 0 atom stereocenters. The van der Waals surface area contributed by atoms with Gasteiger partial charge >= 0.3 is 5.97 Å². The molecule has 0 saturated carbocycles. The van der Waals surface area contributed by atoms with E-state index in [-0.39, 0.29) is 29.0 Å². The normalized spacial score (nSPS) is 11.3. The van der Waals surface area contributed by atoms with E-state index in [1.165, 1.54) is 24.3 Å². The van der Waals surface area contributed by atoms with Crippen molar-refractivity contribution in [2.45, 2.75) is 25.7 Å². The standard InChI is InChI=1S/C20H18N2O8S/c1-4-29-20(24)19-12(2)30-18-9-8-14(11-17(18)19)21(13(3)23)31(27,28)16-7-5-6-15(10-16)22(25)26/h5-11H,4H2,1-3H3. The van der Waals surface area contributed by atoms with Crippen LogP contribution in [-0.2, 0) is 19.6 Å². The predicted molar refractivity (Wildman–Crippen MR) is 110 cm³/mol. The first-order valence-corrected chi connectivity index (χ1v) is 10.5. The Hall–Kier alpha value is -3.73. The second kappa shape index (κ2) is 8.19. The number of hydrogen-bond donors (Lipinski definition) is 0. The first kappa shape index (κ1) is 22.0. The number of fused-ring (bicyclic) bond motifs is 1. The lowest BCUT2D eigenvalue weighted by atomic mass is 10.1. The van der Waals surface area contributed by atoms with E-state index in [0.717, 1.165) is 25.1 Å². The van der Waals surface area contributed by atoms with Crippen LogP contribution in [0.3, 0.4) is 0 Å². The molecule has 0 N–H and O–H groups in total. The van der Waals surface area contributed by atoms with Crippen molar-refractivity contribution in [3.63, 3.8) is 0 Å². The van der Waals surface area contributed by atoms with E-state index >= 15 is 0 Å². The molecule has 0 unspecified atom stereocenters. The number of furan rings is 1. The van der Waals surface area contributed by atoms with Crippen molar-refractivity contribution >= 4 is 44.2 Å². The number of nitrogens with zero attached hydrogens (tertiary/aromatic N) is 2. The Morgan fingerprint density at radius 2 is 1.90 bits per heavy atom. The Morgan fingerprint density at radius 3 is 2.52 bits per heavy atom. The maximum absolute atomic E-state index is 13.2. The number of non-ortho nitro benzene ring substituents is 1. The molecule has 11 heteroatoms. The zero-order valence-corrected chi connectivity index (χ0v) is 17.6. The number of esters is 1. The molecule has 1 aromatic heterocycles. The van der Waals surface area contributed by atoms with Gasteiger partial charge in [0.15, 0.2) is 0 Å². The van der Waals surface area contributed by atoms with Crippen LogP contribution in [0.1, 0.15) is 30.0 Å². The van der Waals surface area contributed by atoms with Gasteiger partial charge < -0.3 is 9.15 Å². The van der Waals surface area contributed by atoms with E-state index in [1.54, 1.807) is 13.8 Å². The summed E-state index contributed by atoms with van der Waals surface area (Å²) in [5, 5.41) is 11.3. The molecule has 10 nitrogen and oxygen atoms in total. The highest BCUT2D eigenvalue weighted by Gasteiger charge is 2.31. The molecule has 0 saturated heterocycles. The van der Waals surface area contributed by atoms with Crippen molar-refractivity contribution in [1.29, 1.82) is 0 Å². The van der Waals surface area contributed by atoms with Gasteiger partial charge in [0.1, 0.15) is 16.9 Å². The van der Waals surface area contributed by atoms with Gasteiger partial charge in [-0.3, -0.25) is 14.9 Å². The number of carbonyl (C=O) groups excluding carboxylic acids is 2. The van der Waals surface area contributed by atoms with Gasteiger partial charge in [0.05, 0.1) is 22.1 Å². The van der Waals surface area contributed by atoms with Gasteiger partial charge in [0, 0.05) is 24.4 Å². The van der Waals surface area contributed by atoms with Gasteiger partial charge in [0.25, 0.3) is 15.7 Å². The van der Waals surface area contributed by atoms with Crippen LogP contribution in [0.5, 0.6) is 0 Å². The van der Waals surface area contributed by atoms with Crippen LogP contribution >= 0.6 is 0 Å². The van der Waals surface area contributed by atoms with Gasteiger partial charge in [-0.05, 0) is 38.1 Å². The zero-order valence-electron chi connectivity index (χ0n) is 16.8. The fourth-order valence-electron chi connectivity index (χ4n) is 3.14. The number of aryl methyl sites for hydroxylation is 1. The van der Waals surface area contributed by atoms with Crippen molar-refractivity contribution in [3.8, 4) is 0 Å². The molecule has 0 aliphatic carbocycles. The number of amides is 1. The van der Waals surface area contributed by atoms with E-state index in [4.69, 9.17) is 9.15 Å². The topological polar surface area (TPSA) is 137 Å². The average Bonchev–Trinajstić information content (AvgIpc) is 3.03. The van der Waals surface area contributed by atoms with Crippen LogP contribution in [0.2, 0.25) is 0 Å². The highest BCUT2D eigenvalue weighted by atomic mass is 32.2. The van der Waals surface area contributed by atoms with Crippen molar-refractivity contribution in [1.82, 2.24) is 0 Å². The van der Waals surface area contributed by atoms with Crippen LogP contribution in [0.25, 0.3) is 11.0 Å². The maximum atomic E-state index is 13.2. The summed E-state index contributed by atoms with van der Waals surface area (Å²) in [4.78, 5) is 34.5. The van der Waals surface area contributed by atoms with Crippen LogP contribution in [0, 0.1) is 17.0 Å². The molecule has 31 heavy (non-hydrogen) atoms. The van der Waals surface area contributed by atoms with Crippen LogP contribution in [0.15, 0.2) is 51.8 Å². The molecule has 0 aliphatic heterocycles. The van der Waals surface area contributed by atoms with Gasteiger partial charge in [-0.1, -0.05) is 6.07 Å². The van der Waals surface area contributed by atoms with E-state index in [0.29, 0.717) is 9.89 Å². The van der Waals surface area contributed by atoms with Crippen molar-refractivity contribution in [2.24, 2.45) is 0 Å². The number of nitro benzene ring substituents is 1. The third kappa shape index (κ3) is 3.99. The zero-order chi connectivity index (χ0) is 22.9. The summed E-state index contributed by atoms with van der Waals surface area (Å²) in [6.45, 7) is 4.38. The minimum absolute atomic E-state index is 0.0575. The number of anilines is 1. The highest BCUT2D eigenvalue weighted by molar-refractivity contribution is 7.93. The van der Waals surface area contributed by atoms with Crippen molar-refractivity contribution in [3.05, 3.63) is 63.9 Å². The highest BCUT2D eigenvalue weighted by Crippen LogP contribution is 2.33. The lowest BCUT2D eigenvalue weighted by Gasteiger charge is -2.21. The summed E-state index contributed by atoms with van der Waals surface area (Å²) < 4.78 is 37.5. The molecule has 0 radical (unpaired) electrons. The molecule has 2 aromatic carbocycles. The molecule has 1 heterocycles. The van der Waals surface area contributed by atoms with E-state index in [2.05, 4.69) is 0 Å². The Labute approximate surface area is 177 Å². The van der Waals surface area contributed by atoms with Gasteiger partial charge in [0.2, 0.25) is 5.91 Å². The minimum Gasteiger partial charge on any atom is -0.462 e. The summed E-state index contributed by atoms with van der Waals surface area (Å²) in [7, 11) is -4.48. The quantitative estimate of drug-likeness (QED) is 0.318. The van der Waals surface area contributed by atoms with E-state index in [1.807, 2.05) is 0 Å². The number of hydrogen-bond acceptors (Lipinski definition) is 8. The van der Waals surface area contributed by atoms with Crippen molar-refractivity contribution in [2.75, 3.05) is 10.9 Å². The first-order chi connectivity index (χ1) is 14.6. The summed E-state index contributed by atoms with van der Waals surface area (Å²) >= 11 is 0. The molecular weight excluding hydrogens is 428 g/mol. The van der Waals surface area contributed by atoms with E-state index < -0.39 is 37.4 Å². The van der Waals surface area contributed by atoms with Crippen LogP contribution < -0.4 is 4.31 Å². The largest absolute Gasteiger partial charge is 0.462 e. The summed E-state index contributed by atoms with van der Waals surface area (Å²) in [5.74, 6) is -1.21. The number of benzene rings is 2. The lowest BCUT2D eigenvalue weighted by molar-refractivity contribution is -0.385. The number of nitro groups is 1. The fourth-order valence-corrected chi connectivity index (χ4v) is 4.60. The van der Waals surface area contributed by atoms with Gasteiger partial charge in [-0.15, -0.1) is 0 Å². The molecular formula is C20H18N2O8S. The summed E-state index contributed by atoms with van der Waals surface area (Å²) in [6, 6.07) is 8.48. The summed E-state index contributed by atoms with van der Waals surface area (Å²) in [5.41, 5.74) is -0.0663. The molecule has 1 amide bonds. The smallest absolute Gasteiger partial charge is 0.342 e. The maximum Gasteiger partial charge on any atom is 0.342 e. The monoisotopic (exact) mass is 446 g/mol. The minimum atomic E-state index is -4.48. The van der Waals surface area contributed by atoms with E-state index in [9.17, 15) is 28.1 Å². The van der Waals surface area contributed by atoms with Crippen molar-refractivity contribution < 1.29 is 32.1 Å². The number of ether oxygens (including phenoxy) is 1. The predicted octanol–water partition coefficient (Wildman–Crippen LogP) is 3.57.